The number of methoxy groups -OCH3 is 1. The quantitative estimate of drug-likeness (QED) is 0.869. The summed E-state index contributed by atoms with van der Waals surface area (Å²) >= 11 is 0. The van der Waals surface area contributed by atoms with Crippen LogP contribution in [0.4, 0.5) is 5.69 Å². The topological polar surface area (TPSA) is 69.7 Å². The van der Waals surface area contributed by atoms with E-state index in [-0.39, 0.29) is 12.0 Å². The Balaban J connectivity index is 1.75. The predicted molar refractivity (Wildman–Crippen MR) is 78.4 cm³/mol. The van der Waals surface area contributed by atoms with Crippen molar-refractivity contribution < 1.29 is 19.0 Å². The zero-order chi connectivity index (χ0) is 15.1. The minimum absolute atomic E-state index is 0.108. The first kappa shape index (κ1) is 15.7. The summed E-state index contributed by atoms with van der Waals surface area (Å²) in [7, 11) is 1.55. The van der Waals surface area contributed by atoms with Crippen molar-refractivity contribution in [2.75, 3.05) is 25.6 Å². The van der Waals surface area contributed by atoms with E-state index in [2.05, 4.69) is 10.3 Å². The van der Waals surface area contributed by atoms with E-state index < -0.39 is 6.10 Å². The molecule has 2 atom stereocenters. The van der Waals surface area contributed by atoms with E-state index in [1.165, 1.54) is 0 Å². The van der Waals surface area contributed by atoms with Crippen molar-refractivity contribution in [3.8, 4) is 5.88 Å². The van der Waals surface area contributed by atoms with Crippen LogP contribution in [-0.2, 0) is 14.3 Å². The molecule has 2 heterocycles. The molecule has 0 spiro atoms. The van der Waals surface area contributed by atoms with Gasteiger partial charge in [-0.1, -0.05) is 0 Å². The Hall–Kier alpha value is -1.66. The minimum atomic E-state index is -0.530. The number of anilines is 1. The predicted octanol–water partition coefficient (Wildman–Crippen LogP) is 2.00. The highest BCUT2D eigenvalue weighted by Crippen LogP contribution is 2.14. The molecule has 2 rings (SSSR count). The second-order valence-electron chi connectivity index (χ2n) is 5.04. The molecular weight excluding hydrogens is 272 g/mol. The van der Waals surface area contributed by atoms with Crippen LogP contribution in [0.1, 0.15) is 26.2 Å². The van der Waals surface area contributed by atoms with Crippen LogP contribution in [-0.4, -0.2) is 43.4 Å². The smallest absolute Gasteiger partial charge is 0.253 e. The number of rotatable bonds is 6. The molecule has 1 saturated heterocycles. The zero-order valence-corrected chi connectivity index (χ0v) is 12.5. The number of aromatic nitrogens is 1. The van der Waals surface area contributed by atoms with E-state index in [0.29, 0.717) is 18.2 Å². The Morgan fingerprint density at radius 2 is 2.38 bits per heavy atom. The van der Waals surface area contributed by atoms with Gasteiger partial charge >= 0.3 is 0 Å². The normalized spacial score (nSPS) is 19.8. The molecule has 1 N–H and O–H groups in total. The molecule has 0 saturated carbocycles. The highest BCUT2D eigenvalue weighted by Gasteiger charge is 2.19. The largest absolute Gasteiger partial charge is 0.481 e. The maximum Gasteiger partial charge on any atom is 0.253 e. The molecular formula is C15H22N2O4. The van der Waals surface area contributed by atoms with Crippen LogP contribution in [0.15, 0.2) is 18.3 Å². The van der Waals surface area contributed by atoms with Crippen LogP contribution in [0.25, 0.3) is 0 Å². The molecule has 0 radical (unpaired) electrons. The molecule has 1 amide bonds. The highest BCUT2D eigenvalue weighted by atomic mass is 16.5. The van der Waals surface area contributed by atoms with Crippen LogP contribution >= 0.6 is 0 Å². The summed E-state index contributed by atoms with van der Waals surface area (Å²) in [5.41, 5.74) is 0.616. The lowest BCUT2D eigenvalue weighted by atomic mass is 10.1. The van der Waals surface area contributed by atoms with Gasteiger partial charge in [0.1, 0.15) is 6.10 Å². The number of hydrogen-bond donors (Lipinski definition) is 1. The third kappa shape index (κ3) is 4.99. The fourth-order valence-electron chi connectivity index (χ4n) is 2.09. The maximum absolute atomic E-state index is 12.0. The van der Waals surface area contributed by atoms with Gasteiger partial charge in [-0.15, -0.1) is 0 Å². The molecule has 0 bridgehead atoms. The lowest BCUT2D eigenvalue weighted by Gasteiger charge is -2.23. The zero-order valence-electron chi connectivity index (χ0n) is 12.5. The van der Waals surface area contributed by atoms with Crippen molar-refractivity contribution in [3.63, 3.8) is 0 Å². The molecule has 1 aliphatic rings. The molecule has 1 fully saturated rings. The van der Waals surface area contributed by atoms with Gasteiger partial charge in [0.2, 0.25) is 5.88 Å². The van der Waals surface area contributed by atoms with E-state index in [9.17, 15) is 4.79 Å². The fourth-order valence-corrected chi connectivity index (χ4v) is 2.09. The number of carbonyl (C=O) groups excluding carboxylic acids is 1. The molecule has 0 aliphatic carbocycles. The summed E-state index contributed by atoms with van der Waals surface area (Å²) in [5.74, 6) is 0.310. The number of amides is 1. The van der Waals surface area contributed by atoms with Crippen LogP contribution in [0.2, 0.25) is 0 Å². The van der Waals surface area contributed by atoms with E-state index in [4.69, 9.17) is 14.2 Å². The van der Waals surface area contributed by atoms with Gasteiger partial charge in [0, 0.05) is 12.7 Å². The Morgan fingerprint density at radius 3 is 3.00 bits per heavy atom. The lowest BCUT2D eigenvalue weighted by molar-refractivity contribution is -0.130. The summed E-state index contributed by atoms with van der Waals surface area (Å²) in [6.07, 6.45) is 4.39. The van der Waals surface area contributed by atoms with Gasteiger partial charge in [-0.05, 0) is 32.3 Å². The number of nitrogens with zero attached hydrogens (tertiary/aromatic N) is 1. The van der Waals surface area contributed by atoms with Crippen molar-refractivity contribution in [1.82, 2.24) is 4.98 Å². The Morgan fingerprint density at radius 1 is 1.52 bits per heavy atom. The third-order valence-electron chi connectivity index (χ3n) is 3.39. The van der Waals surface area contributed by atoms with Gasteiger partial charge in [0.05, 0.1) is 31.7 Å². The molecule has 6 heteroatoms. The Labute approximate surface area is 124 Å². The first-order valence-corrected chi connectivity index (χ1v) is 7.23. The van der Waals surface area contributed by atoms with Gasteiger partial charge in [-0.2, -0.15) is 0 Å². The average Bonchev–Trinajstić information content (AvgIpc) is 2.54. The Bertz CT molecular complexity index is 443. The van der Waals surface area contributed by atoms with Crippen molar-refractivity contribution >= 4 is 11.6 Å². The summed E-state index contributed by atoms with van der Waals surface area (Å²) in [5, 5.41) is 2.76. The van der Waals surface area contributed by atoms with E-state index in [0.717, 1.165) is 25.9 Å². The van der Waals surface area contributed by atoms with Crippen molar-refractivity contribution in [3.05, 3.63) is 18.3 Å². The van der Waals surface area contributed by atoms with Crippen LogP contribution in [0.5, 0.6) is 5.88 Å². The van der Waals surface area contributed by atoms with Gasteiger partial charge in [0.25, 0.3) is 5.91 Å². The second kappa shape index (κ2) is 7.95. The number of ether oxygens (including phenoxy) is 3. The molecule has 1 aliphatic heterocycles. The molecule has 6 nitrogen and oxygen atoms in total. The Kier molecular flexibility index (Phi) is 5.95. The lowest BCUT2D eigenvalue weighted by Crippen LogP contribution is -2.32. The standard InChI is InChI=1S/C15H22N2O4/c1-11(21-10-13-5-3-4-8-20-13)15(18)17-12-6-7-14(19-2)16-9-12/h6-7,9,11,13H,3-5,8,10H2,1-2H3,(H,17,18)/t11-,13-/m1/s1. The summed E-state index contributed by atoms with van der Waals surface area (Å²) in [6.45, 7) is 2.97. The maximum atomic E-state index is 12.0. The number of hydrogen-bond acceptors (Lipinski definition) is 5. The first-order valence-electron chi connectivity index (χ1n) is 7.23. The summed E-state index contributed by atoms with van der Waals surface area (Å²) < 4.78 is 16.1. The molecule has 1 aromatic heterocycles. The van der Waals surface area contributed by atoms with Crippen molar-refractivity contribution in [2.24, 2.45) is 0 Å². The van der Waals surface area contributed by atoms with Crippen molar-refractivity contribution in [1.29, 1.82) is 0 Å². The summed E-state index contributed by atoms with van der Waals surface area (Å²) in [4.78, 5) is 16.0. The van der Waals surface area contributed by atoms with E-state index in [1.807, 2.05) is 0 Å². The van der Waals surface area contributed by atoms with Gasteiger partial charge in [-0.3, -0.25) is 4.79 Å². The average molecular weight is 294 g/mol. The minimum Gasteiger partial charge on any atom is -0.481 e. The fraction of sp³-hybridized carbons (Fsp3) is 0.600. The molecule has 21 heavy (non-hydrogen) atoms. The molecule has 0 unspecified atom stereocenters. The van der Waals surface area contributed by atoms with E-state index in [1.54, 1.807) is 32.4 Å². The van der Waals surface area contributed by atoms with Crippen LogP contribution in [0.3, 0.4) is 0 Å². The third-order valence-corrected chi connectivity index (χ3v) is 3.39. The first-order chi connectivity index (χ1) is 10.2. The number of pyridine rings is 1. The van der Waals surface area contributed by atoms with Crippen LogP contribution in [0, 0.1) is 0 Å². The summed E-state index contributed by atoms with van der Waals surface area (Å²) in [6, 6.07) is 3.43. The van der Waals surface area contributed by atoms with Gasteiger partial charge in [0.15, 0.2) is 0 Å². The molecule has 116 valence electrons. The molecule has 1 aromatic rings. The number of carbonyl (C=O) groups is 1. The van der Waals surface area contributed by atoms with E-state index >= 15 is 0 Å². The SMILES string of the molecule is COc1ccc(NC(=O)[C@@H](C)OC[C@H]2CCCCO2)cn1. The molecule has 0 aromatic carbocycles. The van der Waals surface area contributed by atoms with Crippen molar-refractivity contribution in [2.45, 2.75) is 38.4 Å². The van der Waals surface area contributed by atoms with Gasteiger partial charge in [-0.25, -0.2) is 4.98 Å². The second-order valence-corrected chi connectivity index (χ2v) is 5.04. The monoisotopic (exact) mass is 294 g/mol. The van der Waals surface area contributed by atoms with Crippen LogP contribution < -0.4 is 10.1 Å². The van der Waals surface area contributed by atoms with Gasteiger partial charge < -0.3 is 19.5 Å². The highest BCUT2D eigenvalue weighted by molar-refractivity contribution is 5.93. The number of nitrogens with one attached hydrogen (secondary N) is 1.